The highest BCUT2D eigenvalue weighted by atomic mass is 32.2. The third-order valence-corrected chi connectivity index (χ3v) is 8.49. The van der Waals surface area contributed by atoms with Crippen LogP contribution in [0, 0.1) is 6.92 Å². The molecule has 7 nitrogen and oxygen atoms in total. The van der Waals surface area contributed by atoms with Crippen LogP contribution in [-0.4, -0.2) is 61.7 Å². The molecule has 2 aliphatic heterocycles. The molecule has 0 radical (unpaired) electrons. The Labute approximate surface area is 204 Å². The van der Waals surface area contributed by atoms with Crippen LogP contribution in [0.25, 0.3) is 10.9 Å². The SMILES string of the molecule is COCCCN=S1CCN(c2nc(N3CC[C@@H](N)C3)c3cc(C)ccc3n2)Cc2ccccc21. The number of ether oxygens (including phenoxy) is 1. The number of benzene rings is 2. The number of nitrogens with zero attached hydrogens (tertiary/aromatic N) is 5. The number of aryl methyl sites for hydroxylation is 1. The molecular formula is C26H34N6OS. The van der Waals surface area contributed by atoms with Crippen LogP contribution in [0.2, 0.25) is 0 Å². The predicted octanol–water partition coefficient (Wildman–Crippen LogP) is 3.69. The van der Waals surface area contributed by atoms with Gasteiger partial charge < -0.3 is 20.3 Å². The summed E-state index contributed by atoms with van der Waals surface area (Å²) >= 11 is 0. The van der Waals surface area contributed by atoms with Crippen molar-refractivity contribution in [3.05, 3.63) is 53.6 Å². The molecule has 3 aromatic rings. The second-order valence-corrected chi connectivity index (χ2v) is 11.0. The topological polar surface area (TPSA) is 79.9 Å². The van der Waals surface area contributed by atoms with Crippen LogP contribution >= 0.6 is 0 Å². The number of hydrogen-bond donors (Lipinski definition) is 1. The Hall–Kier alpha value is -2.55. The van der Waals surface area contributed by atoms with E-state index in [0.29, 0.717) is 0 Å². The molecule has 1 unspecified atom stereocenters. The smallest absolute Gasteiger partial charge is 0.228 e. The molecule has 2 aliphatic rings. The molecule has 2 aromatic carbocycles. The maximum atomic E-state index is 6.25. The van der Waals surface area contributed by atoms with Crippen LogP contribution in [0.3, 0.4) is 0 Å². The Morgan fingerprint density at radius 2 is 2.03 bits per heavy atom. The number of nitrogens with two attached hydrogens (primary N) is 1. The van der Waals surface area contributed by atoms with Crippen molar-refractivity contribution in [3.63, 3.8) is 0 Å². The number of fused-ring (bicyclic) bond motifs is 2. The van der Waals surface area contributed by atoms with Crippen molar-refractivity contribution in [2.75, 3.05) is 55.4 Å². The number of aromatic nitrogens is 2. The maximum Gasteiger partial charge on any atom is 0.228 e. The van der Waals surface area contributed by atoms with Crippen LogP contribution in [0.5, 0.6) is 0 Å². The third kappa shape index (κ3) is 4.94. The molecule has 1 saturated heterocycles. The second kappa shape index (κ2) is 10.4. The molecule has 0 spiro atoms. The first-order valence-electron chi connectivity index (χ1n) is 12.1. The fourth-order valence-corrected chi connectivity index (χ4v) is 6.62. The number of rotatable bonds is 6. The second-order valence-electron chi connectivity index (χ2n) is 9.16. The zero-order valence-corrected chi connectivity index (χ0v) is 20.9. The van der Waals surface area contributed by atoms with Gasteiger partial charge in [0.05, 0.1) is 5.52 Å². The van der Waals surface area contributed by atoms with Gasteiger partial charge in [0.25, 0.3) is 0 Å². The lowest BCUT2D eigenvalue weighted by Gasteiger charge is -2.25. The van der Waals surface area contributed by atoms with Gasteiger partial charge in [-0.25, -0.2) is 4.98 Å². The van der Waals surface area contributed by atoms with Gasteiger partial charge in [-0.1, -0.05) is 40.5 Å². The molecule has 0 amide bonds. The Morgan fingerprint density at radius 3 is 2.85 bits per heavy atom. The Bertz CT molecular complexity index is 1200. The molecule has 0 saturated carbocycles. The van der Waals surface area contributed by atoms with Crippen LogP contribution in [0.4, 0.5) is 11.8 Å². The van der Waals surface area contributed by atoms with Gasteiger partial charge in [-0.15, -0.1) is 0 Å². The van der Waals surface area contributed by atoms with Gasteiger partial charge in [-0.2, -0.15) is 4.98 Å². The quantitative estimate of drug-likeness (QED) is 0.545. The van der Waals surface area contributed by atoms with Crippen LogP contribution in [0.1, 0.15) is 24.0 Å². The summed E-state index contributed by atoms with van der Waals surface area (Å²) in [7, 11) is 1.61. The number of methoxy groups -OCH3 is 1. The standard InChI is InChI=1S/C26H34N6OS/c1-19-8-9-23-22(16-19)25(31-12-10-21(27)18-31)30-26(29-23)32-13-15-34(28-11-5-14-33-2)24-7-4-3-6-20(24)17-32/h3-4,6-9,16,21H,5,10-15,17-18,27H2,1-2H3/t21-,34?/m1/s1. The zero-order valence-electron chi connectivity index (χ0n) is 20.1. The fraction of sp³-hybridized carbons (Fsp3) is 0.462. The van der Waals surface area contributed by atoms with E-state index in [1.54, 1.807) is 7.11 Å². The maximum absolute atomic E-state index is 6.25. The first-order valence-corrected chi connectivity index (χ1v) is 13.5. The zero-order chi connectivity index (χ0) is 23.5. The minimum Gasteiger partial charge on any atom is -0.385 e. The van der Waals surface area contributed by atoms with E-state index in [2.05, 4.69) is 59.2 Å². The first kappa shape index (κ1) is 23.2. The highest BCUT2D eigenvalue weighted by Gasteiger charge is 2.25. The molecule has 8 heteroatoms. The van der Waals surface area contributed by atoms with E-state index < -0.39 is 0 Å². The Morgan fingerprint density at radius 1 is 1.15 bits per heavy atom. The molecule has 3 heterocycles. The molecule has 2 N–H and O–H groups in total. The molecular weight excluding hydrogens is 444 g/mol. The third-order valence-electron chi connectivity index (χ3n) is 6.52. The van der Waals surface area contributed by atoms with Crippen molar-refractivity contribution in [1.82, 2.24) is 9.97 Å². The molecule has 1 fully saturated rings. The minimum absolute atomic E-state index is 0.132. The van der Waals surface area contributed by atoms with Gasteiger partial charge >= 0.3 is 0 Å². The van der Waals surface area contributed by atoms with E-state index in [1.165, 1.54) is 16.0 Å². The molecule has 0 aliphatic carbocycles. The average molecular weight is 479 g/mol. The van der Waals surface area contributed by atoms with Crippen molar-refractivity contribution >= 4 is 33.4 Å². The fourth-order valence-electron chi connectivity index (χ4n) is 4.72. The summed E-state index contributed by atoms with van der Waals surface area (Å²) in [6, 6.07) is 15.4. The van der Waals surface area contributed by atoms with Gasteiger partial charge in [-0.05, 0) is 43.5 Å². The predicted molar refractivity (Wildman–Crippen MR) is 141 cm³/mol. The van der Waals surface area contributed by atoms with E-state index in [1.807, 2.05) is 0 Å². The highest BCUT2D eigenvalue weighted by Crippen LogP contribution is 2.31. The summed E-state index contributed by atoms with van der Waals surface area (Å²) in [5.74, 6) is 2.78. The monoisotopic (exact) mass is 478 g/mol. The molecule has 0 bridgehead atoms. The van der Waals surface area contributed by atoms with Crippen LogP contribution in [-0.2, 0) is 22.0 Å². The average Bonchev–Trinajstić information content (AvgIpc) is 3.19. The lowest BCUT2D eigenvalue weighted by molar-refractivity contribution is 0.197. The van der Waals surface area contributed by atoms with Gasteiger partial charge in [0.1, 0.15) is 5.82 Å². The first-order chi connectivity index (χ1) is 16.6. The van der Waals surface area contributed by atoms with Crippen molar-refractivity contribution in [1.29, 1.82) is 0 Å². The summed E-state index contributed by atoms with van der Waals surface area (Å²) in [4.78, 5) is 16.2. The molecule has 180 valence electrons. The number of anilines is 2. The molecule has 2 atom stereocenters. The van der Waals surface area contributed by atoms with Crippen molar-refractivity contribution < 1.29 is 4.74 Å². The van der Waals surface area contributed by atoms with Gasteiger partial charge in [0.15, 0.2) is 0 Å². The Balaban J connectivity index is 1.51. The van der Waals surface area contributed by atoms with Crippen molar-refractivity contribution in [2.24, 2.45) is 10.1 Å². The van der Waals surface area contributed by atoms with Gasteiger partial charge in [0.2, 0.25) is 5.95 Å². The Kier molecular flexibility index (Phi) is 7.08. The van der Waals surface area contributed by atoms with Gasteiger partial charge in [-0.3, -0.25) is 4.36 Å². The minimum atomic E-state index is -0.132. The van der Waals surface area contributed by atoms with Gasteiger partial charge in [0, 0.05) is 68.5 Å². The summed E-state index contributed by atoms with van der Waals surface area (Å²) in [5, 5.41) is 1.11. The summed E-state index contributed by atoms with van der Waals surface area (Å²) in [6.07, 6.45) is 1.96. The number of hydrogen-bond acceptors (Lipinski definition) is 7. The van der Waals surface area contributed by atoms with E-state index in [4.69, 9.17) is 24.8 Å². The van der Waals surface area contributed by atoms with E-state index in [9.17, 15) is 0 Å². The van der Waals surface area contributed by atoms with Crippen LogP contribution < -0.4 is 15.5 Å². The van der Waals surface area contributed by atoms with E-state index in [0.717, 1.165) is 80.6 Å². The summed E-state index contributed by atoms with van der Waals surface area (Å²) in [6.45, 7) is 7.15. The van der Waals surface area contributed by atoms with Crippen molar-refractivity contribution in [2.45, 2.75) is 37.2 Å². The normalized spacial score (nSPS) is 20.7. The largest absolute Gasteiger partial charge is 0.385 e. The lowest BCUT2D eigenvalue weighted by atomic mass is 10.1. The molecule has 1 aromatic heterocycles. The van der Waals surface area contributed by atoms with Crippen LogP contribution in [0.15, 0.2) is 51.7 Å². The summed E-state index contributed by atoms with van der Waals surface area (Å²) < 4.78 is 10.3. The molecule has 34 heavy (non-hydrogen) atoms. The molecule has 5 rings (SSSR count). The van der Waals surface area contributed by atoms with E-state index >= 15 is 0 Å². The lowest BCUT2D eigenvalue weighted by Crippen LogP contribution is -2.30. The van der Waals surface area contributed by atoms with Crippen molar-refractivity contribution in [3.8, 4) is 0 Å². The summed E-state index contributed by atoms with van der Waals surface area (Å²) in [5.41, 5.74) is 9.78. The van der Waals surface area contributed by atoms with E-state index in [-0.39, 0.29) is 16.7 Å². The highest BCUT2D eigenvalue weighted by molar-refractivity contribution is 7.87.